The van der Waals surface area contributed by atoms with E-state index >= 15 is 0 Å². The molecule has 3 nitrogen and oxygen atoms in total. The standard InChI is InChI=1S/C20H25Cl2NO2/c21-13-11-17(15-24-19-7-3-1-4-8-19)23-18(12-14-22)16-25-20-9-5-2-6-10-20/h1-10,17-18,23H,11-16H2. The van der Waals surface area contributed by atoms with Gasteiger partial charge in [0.25, 0.3) is 0 Å². The third-order valence-corrected chi connectivity index (χ3v) is 4.21. The molecule has 0 aliphatic carbocycles. The molecule has 0 aliphatic rings. The highest BCUT2D eigenvalue weighted by molar-refractivity contribution is 6.18. The van der Waals surface area contributed by atoms with Gasteiger partial charge in [-0.1, -0.05) is 36.4 Å². The van der Waals surface area contributed by atoms with Crippen molar-refractivity contribution in [3.8, 4) is 11.5 Å². The summed E-state index contributed by atoms with van der Waals surface area (Å²) in [5.74, 6) is 2.86. The quantitative estimate of drug-likeness (QED) is 0.539. The zero-order valence-electron chi connectivity index (χ0n) is 14.2. The van der Waals surface area contributed by atoms with Gasteiger partial charge in [0.2, 0.25) is 0 Å². The van der Waals surface area contributed by atoms with Crippen LogP contribution in [0.4, 0.5) is 0 Å². The molecule has 0 heterocycles. The largest absolute Gasteiger partial charge is 0.492 e. The van der Waals surface area contributed by atoms with Crippen molar-refractivity contribution >= 4 is 23.2 Å². The van der Waals surface area contributed by atoms with Gasteiger partial charge in [-0.25, -0.2) is 0 Å². The molecule has 2 unspecified atom stereocenters. The lowest BCUT2D eigenvalue weighted by Gasteiger charge is -2.25. The van der Waals surface area contributed by atoms with E-state index in [1.165, 1.54) is 0 Å². The number of hydrogen-bond donors (Lipinski definition) is 1. The van der Waals surface area contributed by atoms with Gasteiger partial charge in [-0.15, -0.1) is 23.2 Å². The summed E-state index contributed by atoms with van der Waals surface area (Å²) in [6.45, 7) is 1.11. The van der Waals surface area contributed by atoms with E-state index < -0.39 is 0 Å². The van der Waals surface area contributed by atoms with Crippen LogP contribution in [0.25, 0.3) is 0 Å². The minimum atomic E-state index is 0.144. The van der Waals surface area contributed by atoms with E-state index in [0.717, 1.165) is 24.3 Å². The molecule has 0 amide bonds. The summed E-state index contributed by atoms with van der Waals surface area (Å²) in [5, 5.41) is 3.58. The maximum atomic E-state index is 5.96. The normalized spacial score (nSPS) is 13.2. The van der Waals surface area contributed by atoms with Crippen LogP contribution in [-0.4, -0.2) is 37.1 Å². The number of benzene rings is 2. The summed E-state index contributed by atoms with van der Waals surface area (Å²) in [5.41, 5.74) is 0. The molecule has 2 atom stereocenters. The third-order valence-electron chi connectivity index (χ3n) is 3.78. The predicted octanol–water partition coefficient (Wildman–Crippen LogP) is 4.73. The minimum absolute atomic E-state index is 0.144. The van der Waals surface area contributed by atoms with E-state index in [-0.39, 0.29) is 12.1 Å². The van der Waals surface area contributed by atoms with Gasteiger partial charge in [0.1, 0.15) is 24.7 Å². The molecule has 2 aromatic carbocycles. The molecule has 0 aliphatic heterocycles. The first-order valence-electron chi connectivity index (χ1n) is 8.55. The number of alkyl halides is 2. The fourth-order valence-electron chi connectivity index (χ4n) is 2.45. The zero-order chi connectivity index (χ0) is 17.7. The first-order chi connectivity index (χ1) is 12.3. The number of rotatable bonds is 12. The van der Waals surface area contributed by atoms with Crippen LogP contribution < -0.4 is 14.8 Å². The van der Waals surface area contributed by atoms with Crippen molar-refractivity contribution < 1.29 is 9.47 Å². The Morgan fingerprint density at radius 2 is 1.08 bits per heavy atom. The van der Waals surface area contributed by atoms with Crippen LogP contribution in [-0.2, 0) is 0 Å². The monoisotopic (exact) mass is 381 g/mol. The molecule has 136 valence electrons. The SMILES string of the molecule is ClCCC(COc1ccccc1)NC(CCCl)COc1ccccc1. The Morgan fingerprint density at radius 3 is 1.44 bits per heavy atom. The van der Waals surface area contributed by atoms with Crippen molar-refractivity contribution in [2.24, 2.45) is 0 Å². The van der Waals surface area contributed by atoms with Gasteiger partial charge in [0.05, 0.1) is 0 Å². The highest BCUT2D eigenvalue weighted by atomic mass is 35.5. The molecule has 25 heavy (non-hydrogen) atoms. The van der Waals surface area contributed by atoms with E-state index in [1.807, 2.05) is 60.7 Å². The summed E-state index contributed by atoms with van der Waals surface area (Å²) in [6, 6.07) is 19.9. The predicted molar refractivity (Wildman–Crippen MR) is 105 cm³/mol. The van der Waals surface area contributed by atoms with Gasteiger partial charge in [-0.05, 0) is 37.1 Å². The van der Waals surface area contributed by atoms with Crippen LogP contribution in [0.1, 0.15) is 12.8 Å². The number of ether oxygens (including phenoxy) is 2. The molecule has 5 heteroatoms. The average Bonchev–Trinajstić information content (AvgIpc) is 2.66. The molecule has 0 aromatic heterocycles. The van der Waals surface area contributed by atoms with E-state index in [1.54, 1.807) is 0 Å². The van der Waals surface area contributed by atoms with Crippen LogP contribution in [0, 0.1) is 0 Å². The van der Waals surface area contributed by atoms with Crippen molar-refractivity contribution in [1.29, 1.82) is 0 Å². The first kappa shape index (κ1) is 19.9. The molecule has 0 fully saturated rings. The number of halogens is 2. The van der Waals surface area contributed by atoms with Crippen LogP contribution in [0.2, 0.25) is 0 Å². The second-order valence-corrected chi connectivity index (χ2v) is 6.52. The molecule has 1 N–H and O–H groups in total. The van der Waals surface area contributed by atoms with Crippen LogP contribution in [0.5, 0.6) is 11.5 Å². The summed E-state index contributed by atoms with van der Waals surface area (Å²) >= 11 is 11.9. The van der Waals surface area contributed by atoms with Gasteiger partial charge < -0.3 is 14.8 Å². The Hall–Kier alpha value is -1.42. The van der Waals surface area contributed by atoms with Crippen molar-refractivity contribution in [2.75, 3.05) is 25.0 Å². The molecule has 0 radical (unpaired) electrons. The van der Waals surface area contributed by atoms with Crippen LogP contribution in [0.3, 0.4) is 0 Å². The maximum Gasteiger partial charge on any atom is 0.119 e. The lowest BCUT2D eigenvalue weighted by Crippen LogP contribution is -2.45. The molecule has 0 bridgehead atoms. The molecule has 0 saturated carbocycles. The highest BCUT2D eigenvalue weighted by Gasteiger charge is 2.16. The third kappa shape index (κ3) is 8.00. The molecular formula is C20H25Cl2NO2. The lowest BCUT2D eigenvalue weighted by atomic mass is 10.1. The van der Waals surface area contributed by atoms with Gasteiger partial charge in [-0.2, -0.15) is 0 Å². The summed E-state index contributed by atoms with van der Waals surface area (Å²) in [7, 11) is 0. The summed E-state index contributed by atoms with van der Waals surface area (Å²) < 4.78 is 11.7. The van der Waals surface area contributed by atoms with Crippen LogP contribution >= 0.6 is 23.2 Å². The fourth-order valence-corrected chi connectivity index (χ4v) is 2.98. The molecule has 0 saturated heterocycles. The first-order valence-corrected chi connectivity index (χ1v) is 9.62. The van der Waals surface area contributed by atoms with Crippen molar-refractivity contribution in [1.82, 2.24) is 5.32 Å². The summed E-state index contributed by atoms with van der Waals surface area (Å²) in [4.78, 5) is 0. The van der Waals surface area contributed by atoms with E-state index in [0.29, 0.717) is 25.0 Å². The van der Waals surface area contributed by atoms with E-state index in [9.17, 15) is 0 Å². The second-order valence-electron chi connectivity index (χ2n) is 5.76. The number of nitrogens with one attached hydrogen (secondary N) is 1. The van der Waals surface area contributed by atoms with Crippen molar-refractivity contribution in [2.45, 2.75) is 24.9 Å². The highest BCUT2D eigenvalue weighted by Crippen LogP contribution is 2.12. The summed E-state index contributed by atoms with van der Waals surface area (Å²) in [6.07, 6.45) is 1.64. The Labute approximate surface area is 160 Å². The minimum Gasteiger partial charge on any atom is -0.492 e. The Kier molecular flexibility index (Phi) is 9.57. The second kappa shape index (κ2) is 12.0. The topological polar surface area (TPSA) is 30.5 Å². The number of para-hydroxylation sites is 2. The van der Waals surface area contributed by atoms with Crippen molar-refractivity contribution in [3.63, 3.8) is 0 Å². The molecule has 2 rings (SSSR count). The average molecular weight is 382 g/mol. The Bertz CT molecular complexity index is 517. The molecule has 2 aromatic rings. The maximum absolute atomic E-state index is 5.96. The van der Waals surface area contributed by atoms with Crippen molar-refractivity contribution in [3.05, 3.63) is 60.7 Å². The molecular weight excluding hydrogens is 357 g/mol. The Balaban J connectivity index is 1.86. The van der Waals surface area contributed by atoms with Gasteiger partial charge >= 0.3 is 0 Å². The van der Waals surface area contributed by atoms with Gasteiger partial charge in [0.15, 0.2) is 0 Å². The zero-order valence-corrected chi connectivity index (χ0v) is 15.8. The van der Waals surface area contributed by atoms with Crippen LogP contribution in [0.15, 0.2) is 60.7 Å². The Morgan fingerprint density at radius 1 is 0.680 bits per heavy atom. The van der Waals surface area contributed by atoms with E-state index in [2.05, 4.69) is 5.32 Å². The molecule has 0 spiro atoms. The van der Waals surface area contributed by atoms with Gasteiger partial charge in [0, 0.05) is 23.8 Å². The smallest absolute Gasteiger partial charge is 0.119 e. The van der Waals surface area contributed by atoms with E-state index in [4.69, 9.17) is 32.7 Å². The lowest BCUT2D eigenvalue weighted by molar-refractivity contribution is 0.209. The number of hydrogen-bond acceptors (Lipinski definition) is 3. The van der Waals surface area contributed by atoms with Gasteiger partial charge in [-0.3, -0.25) is 0 Å². The fraction of sp³-hybridized carbons (Fsp3) is 0.400.